The van der Waals surface area contributed by atoms with E-state index in [1.54, 1.807) is 12.4 Å². The van der Waals surface area contributed by atoms with E-state index < -0.39 is 0 Å². The van der Waals surface area contributed by atoms with Crippen molar-refractivity contribution in [1.82, 2.24) is 19.9 Å². The summed E-state index contributed by atoms with van der Waals surface area (Å²) in [6.45, 7) is 3.15. The Morgan fingerprint density at radius 1 is 0.833 bits per heavy atom. The van der Waals surface area contributed by atoms with E-state index >= 15 is 0 Å². The molecule has 0 aromatic carbocycles. The molecule has 2 aliphatic rings. The van der Waals surface area contributed by atoms with Gasteiger partial charge >= 0.3 is 0 Å². The highest BCUT2D eigenvalue weighted by molar-refractivity contribution is 5.47. The van der Waals surface area contributed by atoms with Crippen LogP contribution >= 0.6 is 0 Å². The van der Waals surface area contributed by atoms with Gasteiger partial charge in [-0.1, -0.05) is 6.07 Å². The number of hydrogen-bond acceptors (Lipinski definition) is 11. The Morgan fingerprint density at radius 3 is 1.83 bits per heavy atom. The largest absolute Gasteiger partial charge is 0.350 e. The lowest BCUT2D eigenvalue weighted by atomic mass is 10.0. The zero-order valence-corrected chi connectivity index (χ0v) is 17.1. The summed E-state index contributed by atoms with van der Waals surface area (Å²) in [7, 11) is 0. The third-order valence-corrected chi connectivity index (χ3v) is 5.38. The van der Waals surface area contributed by atoms with Crippen molar-refractivity contribution in [2.24, 2.45) is 22.9 Å². The van der Waals surface area contributed by atoms with Gasteiger partial charge in [0, 0.05) is 69.3 Å². The molecule has 11 nitrogen and oxygen atoms in total. The van der Waals surface area contributed by atoms with E-state index in [0.717, 1.165) is 18.4 Å². The van der Waals surface area contributed by atoms with Gasteiger partial charge in [0.1, 0.15) is 0 Å². The molecule has 2 aromatic heterocycles. The number of hydrogen-bond donors (Lipinski definition) is 5. The molecule has 2 fully saturated rings. The molecular formula is C19H31N11. The van der Waals surface area contributed by atoms with Crippen molar-refractivity contribution in [3.05, 3.63) is 30.1 Å². The normalized spacial score (nSPS) is 27.2. The Hall–Kier alpha value is -2.60. The lowest BCUT2D eigenvalue weighted by molar-refractivity contribution is 0.441. The maximum absolute atomic E-state index is 6.18. The van der Waals surface area contributed by atoms with E-state index in [1.165, 1.54) is 0 Å². The number of nitrogens with zero attached hydrogens (tertiary/aromatic N) is 6. The number of nitrogens with one attached hydrogen (secondary N) is 1. The van der Waals surface area contributed by atoms with Crippen molar-refractivity contribution in [1.29, 1.82) is 0 Å². The van der Waals surface area contributed by atoms with Crippen LogP contribution in [0.15, 0.2) is 24.5 Å². The second kappa shape index (κ2) is 9.04. The number of anilines is 3. The molecule has 2 aromatic rings. The molecule has 162 valence electrons. The van der Waals surface area contributed by atoms with Crippen LogP contribution in [0.4, 0.5) is 17.8 Å². The molecule has 11 heteroatoms. The minimum absolute atomic E-state index is 0.0161. The summed E-state index contributed by atoms with van der Waals surface area (Å²) in [6.07, 6.45) is 5.13. The van der Waals surface area contributed by atoms with Crippen LogP contribution in [-0.4, -0.2) is 70.3 Å². The predicted octanol–water partition coefficient (Wildman–Crippen LogP) is -1.39. The number of rotatable bonds is 5. The van der Waals surface area contributed by atoms with Crippen molar-refractivity contribution in [2.45, 2.75) is 43.6 Å². The zero-order valence-electron chi connectivity index (χ0n) is 17.1. The second-order valence-corrected chi connectivity index (χ2v) is 8.30. The van der Waals surface area contributed by atoms with Gasteiger partial charge < -0.3 is 38.1 Å². The molecule has 4 atom stereocenters. The van der Waals surface area contributed by atoms with Crippen LogP contribution in [0.25, 0.3) is 0 Å². The molecule has 0 radical (unpaired) electrons. The van der Waals surface area contributed by atoms with Gasteiger partial charge in [-0.2, -0.15) is 15.0 Å². The van der Waals surface area contributed by atoms with E-state index in [1.807, 2.05) is 21.9 Å². The molecule has 9 N–H and O–H groups in total. The molecule has 4 rings (SSSR count). The molecule has 0 unspecified atom stereocenters. The molecule has 0 aliphatic carbocycles. The lowest BCUT2D eigenvalue weighted by Gasteiger charge is -2.37. The minimum atomic E-state index is -0.0161. The molecule has 30 heavy (non-hydrogen) atoms. The van der Waals surface area contributed by atoms with E-state index in [9.17, 15) is 0 Å². The third-order valence-electron chi connectivity index (χ3n) is 5.38. The Labute approximate surface area is 176 Å². The van der Waals surface area contributed by atoms with Gasteiger partial charge in [-0.05, 0) is 24.5 Å². The van der Waals surface area contributed by atoms with Crippen molar-refractivity contribution in [3.63, 3.8) is 0 Å². The van der Waals surface area contributed by atoms with Crippen LogP contribution in [0.3, 0.4) is 0 Å². The van der Waals surface area contributed by atoms with Crippen molar-refractivity contribution >= 4 is 17.8 Å². The summed E-state index contributed by atoms with van der Waals surface area (Å²) in [5.41, 5.74) is 25.8. The summed E-state index contributed by atoms with van der Waals surface area (Å²) < 4.78 is 0. The number of nitrogens with two attached hydrogens (primary N) is 4. The monoisotopic (exact) mass is 413 g/mol. The van der Waals surface area contributed by atoms with Gasteiger partial charge in [0.05, 0.1) is 0 Å². The molecule has 2 aliphatic heterocycles. The SMILES string of the molecule is N[C@@H]1C[C@H](N)CN(c2nc(NCc3cccnc3)nc(N3C[C@H](N)C[C@H](N)C3)n2)C1. The van der Waals surface area contributed by atoms with Crippen LogP contribution in [0.1, 0.15) is 18.4 Å². The van der Waals surface area contributed by atoms with Crippen LogP contribution in [0, 0.1) is 0 Å². The summed E-state index contributed by atoms with van der Waals surface area (Å²) >= 11 is 0. The van der Waals surface area contributed by atoms with Crippen molar-refractivity contribution < 1.29 is 0 Å². The number of piperidine rings is 2. The Kier molecular flexibility index (Phi) is 6.23. The van der Waals surface area contributed by atoms with Crippen molar-refractivity contribution in [2.75, 3.05) is 41.3 Å². The highest BCUT2D eigenvalue weighted by atomic mass is 15.4. The Bertz CT molecular complexity index is 768. The fraction of sp³-hybridized carbons (Fsp3) is 0.579. The predicted molar refractivity (Wildman–Crippen MR) is 117 cm³/mol. The highest BCUT2D eigenvalue weighted by Gasteiger charge is 2.28. The summed E-state index contributed by atoms with van der Waals surface area (Å²) in [6, 6.07) is 3.83. The van der Waals surface area contributed by atoms with Gasteiger partial charge in [0.2, 0.25) is 17.8 Å². The molecule has 0 spiro atoms. The lowest BCUT2D eigenvalue weighted by Crippen LogP contribution is -2.54. The van der Waals surface area contributed by atoms with Crippen LogP contribution in [0.2, 0.25) is 0 Å². The van der Waals surface area contributed by atoms with Gasteiger partial charge in [0.15, 0.2) is 0 Å². The van der Waals surface area contributed by atoms with Gasteiger partial charge in [-0.15, -0.1) is 0 Å². The van der Waals surface area contributed by atoms with E-state index in [4.69, 9.17) is 27.9 Å². The summed E-state index contributed by atoms with van der Waals surface area (Å²) in [5, 5.41) is 3.28. The zero-order chi connectivity index (χ0) is 21.1. The minimum Gasteiger partial charge on any atom is -0.350 e. The van der Waals surface area contributed by atoms with Gasteiger partial charge in [-0.3, -0.25) is 4.98 Å². The number of aromatic nitrogens is 4. The first-order chi connectivity index (χ1) is 14.5. The maximum Gasteiger partial charge on any atom is 0.232 e. The molecule has 2 saturated heterocycles. The first kappa shape index (κ1) is 20.7. The first-order valence-electron chi connectivity index (χ1n) is 10.4. The Morgan fingerprint density at radius 2 is 1.37 bits per heavy atom. The average Bonchev–Trinajstić information content (AvgIpc) is 2.71. The fourth-order valence-electron chi connectivity index (χ4n) is 4.08. The topological polar surface area (TPSA) is 174 Å². The molecular weight excluding hydrogens is 382 g/mol. The van der Waals surface area contributed by atoms with Crippen LogP contribution < -0.4 is 38.1 Å². The molecule has 0 amide bonds. The van der Waals surface area contributed by atoms with E-state index in [-0.39, 0.29) is 24.2 Å². The van der Waals surface area contributed by atoms with Crippen molar-refractivity contribution in [3.8, 4) is 0 Å². The molecule has 0 bridgehead atoms. The average molecular weight is 414 g/mol. The summed E-state index contributed by atoms with van der Waals surface area (Å²) in [5.74, 6) is 1.61. The first-order valence-corrected chi connectivity index (χ1v) is 10.4. The summed E-state index contributed by atoms with van der Waals surface area (Å²) in [4.78, 5) is 22.2. The smallest absolute Gasteiger partial charge is 0.232 e. The highest BCUT2D eigenvalue weighted by Crippen LogP contribution is 2.22. The van der Waals surface area contributed by atoms with E-state index in [2.05, 4.69) is 20.3 Å². The van der Waals surface area contributed by atoms with Gasteiger partial charge in [-0.25, -0.2) is 0 Å². The van der Waals surface area contributed by atoms with Gasteiger partial charge in [0.25, 0.3) is 0 Å². The number of pyridine rings is 1. The molecule has 4 heterocycles. The quantitative estimate of drug-likeness (QED) is 0.390. The second-order valence-electron chi connectivity index (χ2n) is 8.30. The Balaban J connectivity index is 1.61. The van der Waals surface area contributed by atoms with E-state index in [0.29, 0.717) is 50.6 Å². The van der Waals surface area contributed by atoms with Crippen LogP contribution in [-0.2, 0) is 6.54 Å². The molecule has 0 saturated carbocycles. The fourth-order valence-corrected chi connectivity index (χ4v) is 4.08. The standard InChI is InChI=1S/C19H31N11/c20-13-4-14(21)9-29(8-13)18-26-17(25-7-12-2-1-3-24-6-12)27-19(28-18)30-10-15(22)5-16(23)11-30/h1-3,6,13-16H,4-5,7-11,20-23H2,(H,25,26,27,28)/t13-,14+,15-,16+. The third kappa shape index (κ3) is 5.11. The van der Waals surface area contributed by atoms with Crippen LogP contribution in [0.5, 0.6) is 0 Å². The maximum atomic E-state index is 6.18.